The molecule has 0 saturated heterocycles. The number of allylic oxidation sites excluding steroid dienone is 1. The fourth-order valence-electron chi connectivity index (χ4n) is 2.94. The normalized spacial score (nSPS) is 14.2. The summed E-state index contributed by atoms with van der Waals surface area (Å²) in [5.41, 5.74) is 0.971. The molecule has 0 bridgehead atoms. The molecular formula is C21H32N2O. The summed E-state index contributed by atoms with van der Waals surface area (Å²) in [5.74, 6) is 0.145. The molecule has 0 aliphatic heterocycles. The van der Waals surface area contributed by atoms with E-state index < -0.39 is 0 Å². The Labute approximate surface area is 147 Å². The van der Waals surface area contributed by atoms with Crippen molar-refractivity contribution < 1.29 is 4.79 Å². The van der Waals surface area contributed by atoms with Gasteiger partial charge in [0.05, 0.1) is 12.2 Å². The second kappa shape index (κ2) is 11.0. The van der Waals surface area contributed by atoms with E-state index in [1.54, 1.807) is 12.3 Å². The Morgan fingerprint density at radius 2 is 1.92 bits per heavy atom. The Bertz CT molecular complexity index is 494. The van der Waals surface area contributed by atoms with E-state index in [2.05, 4.69) is 18.0 Å². The van der Waals surface area contributed by atoms with Crippen LogP contribution in [0.4, 0.5) is 0 Å². The lowest BCUT2D eigenvalue weighted by Crippen LogP contribution is -2.31. The van der Waals surface area contributed by atoms with Crippen LogP contribution in [-0.4, -0.2) is 21.8 Å². The van der Waals surface area contributed by atoms with Gasteiger partial charge in [0.25, 0.3) is 0 Å². The minimum atomic E-state index is 0.145. The smallest absolute Gasteiger partial charge is 0.246 e. The maximum atomic E-state index is 12.4. The Morgan fingerprint density at radius 1 is 1.17 bits per heavy atom. The van der Waals surface area contributed by atoms with Crippen molar-refractivity contribution in [3.63, 3.8) is 0 Å². The molecule has 24 heavy (non-hydrogen) atoms. The second-order valence-corrected chi connectivity index (χ2v) is 6.83. The van der Waals surface area contributed by atoms with Gasteiger partial charge in [0, 0.05) is 12.2 Å². The summed E-state index contributed by atoms with van der Waals surface area (Å²) in [6, 6.07) is 6.30. The van der Waals surface area contributed by atoms with Crippen molar-refractivity contribution in [2.75, 3.05) is 0 Å². The number of nitrogens with zero attached hydrogens (tertiary/aromatic N) is 2. The second-order valence-electron chi connectivity index (χ2n) is 6.83. The van der Waals surface area contributed by atoms with Gasteiger partial charge in [-0.15, -0.1) is 0 Å². The summed E-state index contributed by atoms with van der Waals surface area (Å²) in [4.78, 5) is 18.8. The maximum absolute atomic E-state index is 12.4. The largest absolute Gasteiger partial charge is 0.330 e. The lowest BCUT2D eigenvalue weighted by atomic mass is 10.1. The first-order valence-corrected chi connectivity index (χ1v) is 9.68. The summed E-state index contributed by atoms with van der Waals surface area (Å²) in [7, 11) is 0. The average Bonchev–Trinajstić information content (AvgIpc) is 3.44. The third-order valence-electron chi connectivity index (χ3n) is 4.56. The third-order valence-corrected chi connectivity index (χ3v) is 4.56. The first kappa shape index (κ1) is 18.7. The Morgan fingerprint density at radius 3 is 2.58 bits per heavy atom. The molecule has 1 aliphatic carbocycles. The van der Waals surface area contributed by atoms with Gasteiger partial charge >= 0.3 is 0 Å². The molecule has 132 valence electrons. The highest BCUT2D eigenvalue weighted by Gasteiger charge is 2.31. The molecule has 1 aliphatic rings. The van der Waals surface area contributed by atoms with Crippen molar-refractivity contribution in [1.82, 2.24) is 9.88 Å². The third kappa shape index (κ3) is 7.29. The number of hydrogen-bond donors (Lipinski definition) is 0. The Hall–Kier alpha value is -1.64. The molecule has 1 amide bonds. The van der Waals surface area contributed by atoms with Gasteiger partial charge in [-0.1, -0.05) is 57.6 Å². The molecule has 0 radical (unpaired) electrons. The lowest BCUT2D eigenvalue weighted by Gasteiger charge is -2.20. The number of hydrogen-bond acceptors (Lipinski definition) is 2. The first-order chi connectivity index (χ1) is 11.8. The molecule has 0 atom stereocenters. The molecule has 2 rings (SSSR count). The molecule has 1 fully saturated rings. The van der Waals surface area contributed by atoms with Crippen LogP contribution in [0.5, 0.6) is 0 Å². The maximum Gasteiger partial charge on any atom is 0.246 e. The molecule has 0 aromatic carbocycles. The zero-order valence-electron chi connectivity index (χ0n) is 15.1. The number of unbranched alkanes of at least 4 members (excludes halogenated alkanes) is 7. The number of carbonyl (C=O) groups excluding carboxylic acids is 1. The van der Waals surface area contributed by atoms with Gasteiger partial charge < -0.3 is 4.90 Å². The molecule has 1 aromatic rings. The fourth-order valence-corrected chi connectivity index (χ4v) is 2.94. The van der Waals surface area contributed by atoms with Crippen LogP contribution in [0.15, 0.2) is 36.5 Å². The van der Waals surface area contributed by atoms with Crippen molar-refractivity contribution in [3.8, 4) is 0 Å². The van der Waals surface area contributed by atoms with E-state index in [1.165, 1.54) is 44.9 Å². The number of aromatic nitrogens is 1. The first-order valence-electron chi connectivity index (χ1n) is 9.68. The van der Waals surface area contributed by atoms with Gasteiger partial charge in [-0.2, -0.15) is 0 Å². The van der Waals surface area contributed by atoms with Gasteiger partial charge in [0.1, 0.15) is 0 Å². The number of carbonyl (C=O) groups is 1. The van der Waals surface area contributed by atoms with Crippen molar-refractivity contribution in [1.29, 1.82) is 0 Å². The van der Waals surface area contributed by atoms with E-state index in [1.807, 2.05) is 23.1 Å². The highest BCUT2D eigenvalue weighted by Crippen LogP contribution is 2.28. The van der Waals surface area contributed by atoms with Gasteiger partial charge in [-0.05, 0) is 43.9 Å². The summed E-state index contributed by atoms with van der Waals surface area (Å²) in [6.07, 6.45) is 18.1. The summed E-state index contributed by atoms with van der Waals surface area (Å²) in [5, 5.41) is 0. The monoisotopic (exact) mass is 328 g/mol. The van der Waals surface area contributed by atoms with E-state index in [9.17, 15) is 4.79 Å². The number of amides is 1. The minimum absolute atomic E-state index is 0.145. The zero-order chi connectivity index (χ0) is 17.0. The minimum Gasteiger partial charge on any atom is -0.330 e. The quantitative estimate of drug-likeness (QED) is 0.387. The van der Waals surface area contributed by atoms with Gasteiger partial charge in [0.15, 0.2) is 0 Å². The molecule has 1 aromatic heterocycles. The number of rotatable bonds is 12. The number of pyridine rings is 1. The predicted octanol–water partition coefficient (Wildman–Crippen LogP) is 5.27. The van der Waals surface area contributed by atoms with Crippen LogP contribution in [0.1, 0.15) is 76.8 Å². The van der Waals surface area contributed by atoms with Crippen molar-refractivity contribution in [2.24, 2.45) is 0 Å². The molecule has 0 unspecified atom stereocenters. The molecular weight excluding hydrogens is 296 g/mol. The van der Waals surface area contributed by atoms with E-state index in [0.717, 1.165) is 25.0 Å². The van der Waals surface area contributed by atoms with Gasteiger partial charge in [-0.25, -0.2) is 0 Å². The van der Waals surface area contributed by atoms with Crippen molar-refractivity contribution in [2.45, 2.75) is 83.7 Å². The summed E-state index contributed by atoms with van der Waals surface area (Å²) < 4.78 is 0. The van der Waals surface area contributed by atoms with Crippen LogP contribution >= 0.6 is 0 Å². The lowest BCUT2D eigenvalue weighted by molar-refractivity contribution is -0.127. The van der Waals surface area contributed by atoms with E-state index in [4.69, 9.17) is 0 Å². The van der Waals surface area contributed by atoms with Crippen molar-refractivity contribution in [3.05, 3.63) is 42.2 Å². The van der Waals surface area contributed by atoms with Gasteiger partial charge in [0.2, 0.25) is 5.91 Å². The molecule has 3 heteroatoms. The van der Waals surface area contributed by atoms with E-state index in [0.29, 0.717) is 12.6 Å². The van der Waals surface area contributed by atoms with Crippen LogP contribution in [0.2, 0.25) is 0 Å². The van der Waals surface area contributed by atoms with Crippen LogP contribution in [0, 0.1) is 0 Å². The van der Waals surface area contributed by atoms with E-state index >= 15 is 0 Å². The van der Waals surface area contributed by atoms with Crippen LogP contribution in [0.3, 0.4) is 0 Å². The molecule has 0 spiro atoms. The van der Waals surface area contributed by atoms with Crippen LogP contribution in [-0.2, 0) is 11.3 Å². The Kier molecular flexibility index (Phi) is 8.58. The SMILES string of the molecule is CCCCCCCCC/C=C/C(=O)N(Cc1ccccn1)C1CC1. The average molecular weight is 329 g/mol. The summed E-state index contributed by atoms with van der Waals surface area (Å²) in [6.45, 7) is 2.88. The molecule has 1 heterocycles. The fraction of sp³-hybridized carbons (Fsp3) is 0.619. The van der Waals surface area contributed by atoms with Crippen LogP contribution in [0.25, 0.3) is 0 Å². The van der Waals surface area contributed by atoms with Crippen LogP contribution < -0.4 is 0 Å². The highest BCUT2D eigenvalue weighted by molar-refractivity contribution is 5.88. The molecule has 0 N–H and O–H groups in total. The predicted molar refractivity (Wildman–Crippen MR) is 99.6 cm³/mol. The highest BCUT2D eigenvalue weighted by atomic mass is 16.2. The Balaban J connectivity index is 1.65. The summed E-state index contributed by atoms with van der Waals surface area (Å²) >= 11 is 0. The van der Waals surface area contributed by atoms with E-state index in [-0.39, 0.29) is 5.91 Å². The van der Waals surface area contributed by atoms with Gasteiger partial charge in [-0.3, -0.25) is 9.78 Å². The van der Waals surface area contributed by atoms with Crippen molar-refractivity contribution >= 4 is 5.91 Å². The molecule has 1 saturated carbocycles. The topological polar surface area (TPSA) is 33.2 Å². The zero-order valence-corrected chi connectivity index (χ0v) is 15.1. The standard InChI is InChI=1S/C21H32N2O/c1-2-3-4-5-6-7-8-9-10-14-21(24)23(20-15-16-20)18-19-13-11-12-17-22-19/h10-14,17,20H,2-9,15-16,18H2,1H3/b14-10+. The molecule has 3 nitrogen and oxygen atoms in total.